The first kappa shape index (κ1) is 13.6. The Morgan fingerprint density at radius 2 is 1.74 bits per heavy atom. The zero-order chi connectivity index (χ0) is 15.8. The van der Waals surface area contributed by atoms with Gasteiger partial charge in [0, 0.05) is 30.7 Å². The highest BCUT2D eigenvalue weighted by Crippen LogP contribution is 2.30. The fourth-order valence-corrected chi connectivity index (χ4v) is 2.74. The predicted molar refractivity (Wildman–Crippen MR) is 89.7 cm³/mol. The van der Waals surface area contributed by atoms with Crippen LogP contribution in [0.1, 0.15) is 5.69 Å². The molecule has 0 bridgehead atoms. The number of imidazole rings is 1. The molecule has 5 heteroatoms. The summed E-state index contributed by atoms with van der Waals surface area (Å²) in [5.74, 6) is 0. The maximum Gasteiger partial charge on any atom is 0.115 e. The van der Waals surface area contributed by atoms with Crippen molar-refractivity contribution in [2.24, 2.45) is 7.05 Å². The van der Waals surface area contributed by atoms with Gasteiger partial charge < -0.3 is 4.57 Å². The van der Waals surface area contributed by atoms with Crippen LogP contribution in [0, 0.1) is 6.92 Å². The third-order valence-corrected chi connectivity index (χ3v) is 3.81. The number of fused-ring (bicyclic) bond motifs is 1. The SMILES string of the molecule is Cc1cccc(-c2ncn(C)c2-c2ccc3nccnc3c2)n1. The van der Waals surface area contributed by atoms with Crippen molar-refractivity contribution in [3.63, 3.8) is 0 Å². The Bertz CT molecular complexity index is 1000. The van der Waals surface area contributed by atoms with Gasteiger partial charge in [-0.05, 0) is 31.2 Å². The summed E-state index contributed by atoms with van der Waals surface area (Å²) in [4.78, 5) is 17.9. The van der Waals surface area contributed by atoms with E-state index in [1.54, 1.807) is 12.4 Å². The van der Waals surface area contributed by atoms with Crippen molar-refractivity contribution in [1.82, 2.24) is 24.5 Å². The molecule has 0 spiro atoms. The van der Waals surface area contributed by atoms with Gasteiger partial charge in [0.1, 0.15) is 5.69 Å². The average Bonchev–Trinajstić information content (AvgIpc) is 2.96. The monoisotopic (exact) mass is 301 g/mol. The molecule has 5 nitrogen and oxygen atoms in total. The van der Waals surface area contributed by atoms with E-state index in [-0.39, 0.29) is 0 Å². The number of hydrogen-bond donors (Lipinski definition) is 0. The van der Waals surface area contributed by atoms with Crippen LogP contribution in [0.25, 0.3) is 33.7 Å². The molecule has 4 rings (SSSR count). The number of rotatable bonds is 2. The second-order valence-electron chi connectivity index (χ2n) is 5.48. The maximum absolute atomic E-state index is 4.60. The van der Waals surface area contributed by atoms with Crippen molar-refractivity contribution in [3.05, 3.63) is 60.8 Å². The van der Waals surface area contributed by atoms with Gasteiger partial charge in [-0.15, -0.1) is 0 Å². The molecule has 0 aliphatic heterocycles. The van der Waals surface area contributed by atoms with Crippen LogP contribution in [-0.2, 0) is 7.05 Å². The highest BCUT2D eigenvalue weighted by molar-refractivity contribution is 5.84. The summed E-state index contributed by atoms with van der Waals surface area (Å²) in [6.45, 7) is 1.98. The number of pyridine rings is 1. The van der Waals surface area contributed by atoms with Crippen molar-refractivity contribution < 1.29 is 0 Å². The van der Waals surface area contributed by atoms with Crippen LogP contribution in [0.15, 0.2) is 55.1 Å². The molecule has 0 N–H and O–H groups in total. The number of aromatic nitrogens is 5. The molecule has 112 valence electrons. The highest BCUT2D eigenvalue weighted by Gasteiger charge is 2.15. The lowest BCUT2D eigenvalue weighted by atomic mass is 10.1. The Labute approximate surface area is 133 Å². The Balaban J connectivity index is 1.92. The molecule has 0 aliphatic rings. The second-order valence-corrected chi connectivity index (χ2v) is 5.48. The molecular formula is C18H15N5. The van der Waals surface area contributed by atoms with E-state index in [9.17, 15) is 0 Å². The lowest BCUT2D eigenvalue weighted by Crippen LogP contribution is -1.94. The quantitative estimate of drug-likeness (QED) is 0.569. The number of aryl methyl sites for hydroxylation is 2. The lowest BCUT2D eigenvalue weighted by Gasteiger charge is -2.07. The Kier molecular flexibility index (Phi) is 3.12. The van der Waals surface area contributed by atoms with Crippen LogP contribution < -0.4 is 0 Å². The first-order chi connectivity index (χ1) is 11.2. The van der Waals surface area contributed by atoms with Crippen molar-refractivity contribution in [1.29, 1.82) is 0 Å². The van der Waals surface area contributed by atoms with Gasteiger partial charge in [-0.25, -0.2) is 4.98 Å². The van der Waals surface area contributed by atoms with Crippen LogP contribution in [0.4, 0.5) is 0 Å². The van der Waals surface area contributed by atoms with Crippen LogP contribution in [-0.4, -0.2) is 24.5 Å². The van der Waals surface area contributed by atoms with Gasteiger partial charge in [0.15, 0.2) is 0 Å². The molecule has 23 heavy (non-hydrogen) atoms. The zero-order valence-electron chi connectivity index (χ0n) is 12.9. The first-order valence-corrected chi connectivity index (χ1v) is 7.39. The summed E-state index contributed by atoms with van der Waals surface area (Å²) in [5, 5.41) is 0. The largest absolute Gasteiger partial charge is 0.333 e. The summed E-state index contributed by atoms with van der Waals surface area (Å²) in [6, 6.07) is 12.0. The van der Waals surface area contributed by atoms with Gasteiger partial charge in [-0.1, -0.05) is 12.1 Å². The van der Waals surface area contributed by atoms with Gasteiger partial charge in [0.2, 0.25) is 0 Å². The van der Waals surface area contributed by atoms with Crippen molar-refractivity contribution in [3.8, 4) is 22.6 Å². The minimum atomic E-state index is 0.870. The van der Waals surface area contributed by atoms with Gasteiger partial charge >= 0.3 is 0 Å². The molecule has 3 aromatic heterocycles. The number of benzene rings is 1. The van der Waals surface area contributed by atoms with Crippen LogP contribution in [0.2, 0.25) is 0 Å². The standard InChI is InChI=1S/C18H15N5/c1-12-4-3-5-15(22-12)17-18(23(2)11-21-17)13-6-7-14-16(10-13)20-9-8-19-14/h3-11H,1-2H3. The molecular weight excluding hydrogens is 286 g/mol. The molecule has 0 radical (unpaired) electrons. The summed E-state index contributed by atoms with van der Waals surface area (Å²) in [7, 11) is 1.99. The van der Waals surface area contributed by atoms with E-state index in [2.05, 4.69) is 19.9 Å². The Hall–Kier alpha value is -3.08. The Morgan fingerprint density at radius 1 is 0.913 bits per heavy atom. The summed E-state index contributed by atoms with van der Waals surface area (Å²) in [6.07, 6.45) is 5.22. The third kappa shape index (κ3) is 2.36. The molecule has 0 saturated heterocycles. The van der Waals surface area contributed by atoms with E-state index in [0.717, 1.165) is 39.4 Å². The fraction of sp³-hybridized carbons (Fsp3) is 0.111. The third-order valence-electron chi connectivity index (χ3n) is 3.81. The van der Waals surface area contributed by atoms with E-state index < -0.39 is 0 Å². The van der Waals surface area contributed by atoms with E-state index in [1.807, 2.05) is 61.3 Å². The lowest BCUT2D eigenvalue weighted by molar-refractivity contribution is 0.921. The minimum absolute atomic E-state index is 0.870. The Morgan fingerprint density at radius 3 is 2.57 bits per heavy atom. The van der Waals surface area contributed by atoms with E-state index in [0.29, 0.717) is 0 Å². The molecule has 0 aliphatic carbocycles. The summed E-state index contributed by atoms with van der Waals surface area (Å²) < 4.78 is 2.01. The smallest absolute Gasteiger partial charge is 0.115 e. The van der Waals surface area contributed by atoms with Crippen LogP contribution in [0.3, 0.4) is 0 Å². The van der Waals surface area contributed by atoms with E-state index in [4.69, 9.17) is 0 Å². The van der Waals surface area contributed by atoms with E-state index in [1.165, 1.54) is 0 Å². The first-order valence-electron chi connectivity index (χ1n) is 7.39. The normalized spacial score (nSPS) is 11.0. The molecule has 0 saturated carbocycles. The van der Waals surface area contributed by atoms with Gasteiger partial charge in [-0.2, -0.15) is 0 Å². The summed E-state index contributed by atoms with van der Waals surface area (Å²) in [5.41, 5.74) is 6.55. The van der Waals surface area contributed by atoms with Gasteiger partial charge in [0.25, 0.3) is 0 Å². The topological polar surface area (TPSA) is 56.5 Å². The molecule has 0 amide bonds. The minimum Gasteiger partial charge on any atom is -0.333 e. The molecule has 0 unspecified atom stereocenters. The van der Waals surface area contributed by atoms with Crippen LogP contribution >= 0.6 is 0 Å². The molecule has 0 atom stereocenters. The predicted octanol–water partition coefficient (Wildman–Crippen LogP) is 3.40. The van der Waals surface area contributed by atoms with Crippen LogP contribution in [0.5, 0.6) is 0 Å². The number of nitrogens with zero attached hydrogens (tertiary/aromatic N) is 5. The van der Waals surface area contributed by atoms with Crippen molar-refractivity contribution in [2.45, 2.75) is 6.92 Å². The fourth-order valence-electron chi connectivity index (χ4n) is 2.74. The molecule has 3 heterocycles. The molecule has 0 fully saturated rings. The second kappa shape index (κ2) is 5.28. The molecule has 4 aromatic rings. The number of hydrogen-bond acceptors (Lipinski definition) is 4. The highest BCUT2D eigenvalue weighted by atomic mass is 15.0. The summed E-state index contributed by atoms with van der Waals surface area (Å²) >= 11 is 0. The van der Waals surface area contributed by atoms with Gasteiger partial charge in [0.05, 0.1) is 28.7 Å². The zero-order valence-corrected chi connectivity index (χ0v) is 12.9. The maximum atomic E-state index is 4.60. The molecule has 1 aromatic carbocycles. The van der Waals surface area contributed by atoms with Gasteiger partial charge in [-0.3, -0.25) is 15.0 Å². The van der Waals surface area contributed by atoms with Crippen molar-refractivity contribution >= 4 is 11.0 Å². The van der Waals surface area contributed by atoms with E-state index >= 15 is 0 Å². The van der Waals surface area contributed by atoms with Crippen molar-refractivity contribution in [2.75, 3.05) is 0 Å². The average molecular weight is 301 g/mol.